The minimum absolute atomic E-state index is 0.0485. The average Bonchev–Trinajstić information content (AvgIpc) is 2.27. The molecule has 0 heterocycles. The second kappa shape index (κ2) is 6.23. The van der Waals surface area contributed by atoms with Crippen molar-refractivity contribution in [3.8, 4) is 5.75 Å². The minimum atomic E-state index is -0.393. The number of carbonyl (C=O) groups excluding carboxylic acids is 2. The summed E-state index contributed by atoms with van der Waals surface area (Å²) >= 11 is 1.97. The number of rotatable bonds is 3. The van der Waals surface area contributed by atoms with Crippen molar-refractivity contribution >= 4 is 34.4 Å². The smallest absolute Gasteiger partial charge is 0.251 e. The van der Waals surface area contributed by atoms with Gasteiger partial charge in [-0.05, 0) is 61.6 Å². The van der Waals surface area contributed by atoms with Gasteiger partial charge in [0.15, 0.2) is 0 Å². The van der Waals surface area contributed by atoms with Gasteiger partial charge in [-0.2, -0.15) is 0 Å². The molecule has 0 fully saturated rings. The standard InChI is InChI=1S/C13H17IN2O3/c1-13(2,3)16-11(18)7-15-12(19)8-4-5-9(14)10(17)6-8/h4-6,17H,7H2,1-3H3,(H,15,19)(H,16,18). The van der Waals surface area contributed by atoms with Gasteiger partial charge in [0.05, 0.1) is 10.1 Å². The second-order valence-corrected chi connectivity index (χ2v) is 6.31. The van der Waals surface area contributed by atoms with Crippen molar-refractivity contribution < 1.29 is 14.7 Å². The third kappa shape index (κ3) is 5.46. The van der Waals surface area contributed by atoms with Gasteiger partial charge in [0.2, 0.25) is 5.91 Å². The van der Waals surface area contributed by atoms with E-state index in [4.69, 9.17) is 0 Å². The van der Waals surface area contributed by atoms with E-state index in [9.17, 15) is 14.7 Å². The highest BCUT2D eigenvalue weighted by Crippen LogP contribution is 2.20. The molecule has 5 nitrogen and oxygen atoms in total. The maximum absolute atomic E-state index is 11.8. The largest absolute Gasteiger partial charge is 0.507 e. The van der Waals surface area contributed by atoms with Crippen LogP contribution in [0.1, 0.15) is 31.1 Å². The molecule has 0 spiro atoms. The minimum Gasteiger partial charge on any atom is -0.507 e. The maximum Gasteiger partial charge on any atom is 0.251 e. The number of nitrogens with one attached hydrogen (secondary N) is 2. The van der Waals surface area contributed by atoms with Crippen molar-refractivity contribution in [2.75, 3.05) is 6.54 Å². The van der Waals surface area contributed by atoms with Crippen LogP contribution in [0.25, 0.3) is 0 Å². The molecule has 6 heteroatoms. The van der Waals surface area contributed by atoms with E-state index in [0.29, 0.717) is 9.13 Å². The molecule has 0 aliphatic rings. The molecule has 1 aromatic rings. The van der Waals surface area contributed by atoms with Crippen LogP contribution in [0.5, 0.6) is 5.75 Å². The zero-order valence-corrected chi connectivity index (χ0v) is 13.2. The summed E-state index contributed by atoms with van der Waals surface area (Å²) in [5.41, 5.74) is -0.00961. The molecule has 0 aliphatic heterocycles. The lowest BCUT2D eigenvalue weighted by Gasteiger charge is -2.20. The van der Waals surface area contributed by atoms with Crippen molar-refractivity contribution in [1.29, 1.82) is 0 Å². The number of phenolic OH excluding ortho intramolecular Hbond substituents is 1. The molecular weight excluding hydrogens is 359 g/mol. The SMILES string of the molecule is CC(C)(C)NC(=O)CNC(=O)c1ccc(I)c(O)c1. The topological polar surface area (TPSA) is 78.4 Å². The Morgan fingerprint density at radius 3 is 2.47 bits per heavy atom. The van der Waals surface area contributed by atoms with E-state index in [-0.39, 0.29) is 23.7 Å². The van der Waals surface area contributed by atoms with Gasteiger partial charge in [-0.15, -0.1) is 0 Å². The fourth-order valence-corrected chi connectivity index (χ4v) is 1.71. The van der Waals surface area contributed by atoms with Crippen LogP contribution in [-0.2, 0) is 4.79 Å². The molecule has 0 aromatic heterocycles. The Morgan fingerprint density at radius 1 is 1.32 bits per heavy atom. The van der Waals surface area contributed by atoms with Gasteiger partial charge in [0, 0.05) is 11.1 Å². The monoisotopic (exact) mass is 376 g/mol. The molecule has 0 aliphatic carbocycles. The Labute approximate surface area is 125 Å². The van der Waals surface area contributed by atoms with Gasteiger partial charge in [-0.25, -0.2) is 0 Å². The van der Waals surface area contributed by atoms with Crippen LogP contribution in [0.15, 0.2) is 18.2 Å². The molecule has 0 radical (unpaired) electrons. The summed E-state index contributed by atoms with van der Waals surface area (Å²) in [6, 6.07) is 4.61. The number of amides is 2. The number of aromatic hydroxyl groups is 1. The molecule has 0 bridgehead atoms. The zero-order valence-electron chi connectivity index (χ0n) is 11.1. The van der Waals surface area contributed by atoms with Crippen molar-refractivity contribution in [2.45, 2.75) is 26.3 Å². The fourth-order valence-electron chi connectivity index (χ4n) is 1.38. The predicted octanol–water partition coefficient (Wildman–Crippen LogP) is 1.64. The van der Waals surface area contributed by atoms with Gasteiger partial charge in [-0.1, -0.05) is 0 Å². The maximum atomic E-state index is 11.8. The third-order valence-electron chi connectivity index (χ3n) is 2.13. The highest BCUT2D eigenvalue weighted by atomic mass is 127. The van der Waals surface area contributed by atoms with Gasteiger partial charge < -0.3 is 15.7 Å². The summed E-state index contributed by atoms with van der Waals surface area (Å²) in [6.07, 6.45) is 0. The summed E-state index contributed by atoms with van der Waals surface area (Å²) in [6.45, 7) is 5.50. The number of hydrogen-bond donors (Lipinski definition) is 3. The van der Waals surface area contributed by atoms with Crippen LogP contribution < -0.4 is 10.6 Å². The summed E-state index contributed by atoms with van der Waals surface area (Å²) in [5, 5.41) is 14.8. The summed E-state index contributed by atoms with van der Waals surface area (Å²) < 4.78 is 0.666. The number of hydrogen-bond acceptors (Lipinski definition) is 3. The molecule has 19 heavy (non-hydrogen) atoms. The van der Waals surface area contributed by atoms with Gasteiger partial charge >= 0.3 is 0 Å². The Kier molecular flexibility index (Phi) is 5.16. The van der Waals surface area contributed by atoms with Crippen LogP contribution >= 0.6 is 22.6 Å². The lowest BCUT2D eigenvalue weighted by molar-refractivity contribution is -0.121. The van der Waals surface area contributed by atoms with E-state index < -0.39 is 5.91 Å². The quantitative estimate of drug-likeness (QED) is 0.702. The van der Waals surface area contributed by atoms with E-state index >= 15 is 0 Å². The average molecular weight is 376 g/mol. The summed E-state index contributed by atoms with van der Waals surface area (Å²) in [4.78, 5) is 23.3. The highest BCUT2D eigenvalue weighted by molar-refractivity contribution is 14.1. The molecule has 0 atom stereocenters. The molecule has 0 saturated heterocycles. The van der Waals surface area contributed by atoms with Crippen LogP contribution in [0.4, 0.5) is 0 Å². The summed E-state index contributed by atoms with van der Waals surface area (Å²) in [7, 11) is 0. The third-order valence-corrected chi connectivity index (χ3v) is 3.04. The lowest BCUT2D eigenvalue weighted by Crippen LogP contribution is -2.45. The van der Waals surface area contributed by atoms with E-state index in [0.717, 1.165) is 0 Å². The number of halogens is 1. The predicted molar refractivity (Wildman–Crippen MR) is 81.1 cm³/mol. The van der Waals surface area contributed by atoms with Crippen LogP contribution in [0.3, 0.4) is 0 Å². The number of carbonyl (C=O) groups is 2. The zero-order chi connectivity index (χ0) is 14.6. The Hall–Kier alpha value is -1.31. The van der Waals surface area contributed by atoms with E-state index in [1.807, 2.05) is 43.4 Å². The molecular formula is C13H17IN2O3. The second-order valence-electron chi connectivity index (χ2n) is 5.15. The first-order valence-corrected chi connectivity index (χ1v) is 6.84. The van der Waals surface area contributed by atoms with Crippen LogP contribution in [0.2, 0.25) is 0 Å². The van der Waals surface area contributed by atoms with Gasteiger partial charge in [-0.3, -0.25) is 9.59 Å². The Morgan fingerprint density at radius 2 is 1.95 bits per heavy atom. The Balaban J connectivity index is 2.56. The Bertz CT molecular complexity index is 495. The normalized spacial score (nSPS) is 10.9. The van der Waals surface area contributed by atoms with Gasteiger partial charge in [0.1, 0.15) is 5.75 Å². The van der Waals surface area contributed by atoms with Crippen LogP contribution in [0, 0.1) is 3.57 Å². The highest BCUT2D eigenvalue weighted by Gasteiger charge is 2.15. The molecule has 3 N–H and O–H groups in total. The van der Waals surface area contributed by atoms with Crippen molar-refractivity contribution in [3.05, 3.63) is 27.3 Å². The molecule has 1 aromatic carbocycles. The van der Waals surface area contributed by atoms with Crippen molar-refractivity contribution in [2.24, 2.45) is 0 Å². The molecule has 1 rings (SSSR count). The molecule has 0 saturated carbocycles. The van der Waals surface area contributed by atoms with Crippen molar-refractivity contribution in [3.63, 3.8) is 0 Å². The van der Waals surface area contributed by atoms with E-state index in [1.54, 1.807) is 12.1 Å². The first-order chi connectivity index (χ1) is 8.69. The number of phenols is 1. The van der Waals surface area contributed by atoms with E-state index in [1.165, 1.54) is 6.07 Å². The number of benzene rings is 1. The first-order valence-electron chi connectivity index (χ1n) is 5.77. The fraction of sp³-hybridized carbons (Fsp3) is 0.385. The van der Waals surface area contributed by atoms with Gasteiger partial charge in [0.25, 0.3) is 5.91 Å². The van der Waals surface area contributed by atoms with Crippen molar-refractivity contribution in [1.82, 2.24) is 10.6 Å². The first kappa shape index (κ1) is 15.7. The van der Waals surface area contributed by atoms with E-state index in [2.05, 4.69) is 10.6 Å². The molecule has 0 unspecified atom stereocenters. The summed E-state index contributed by atoms with van der Waals surface area (Å²) in [5.74, 6) is -0.598. The lowest BCUT2D eigenvalue weighted by atomic mass is 10.1. The van der Waals surface area contributed by atoms with Crippen LogP contribution in [-0.4, -0.2) is 29.0 Å². The molecule has 104 valence electrons. The molecule has 2 amide bonds.